The topological polar surface area (TPSA) is 52.0 Å². The minimum absolute atomic E-state index is 0.225. The van der Waals surface area contributed by atoms with Crippen LogP contribution in [0.2, 0.25) is 0 Å². The molecule has 0 atom stereocenters. The molecule has 2 rings (SSSR count). The summed E-state index contributed by atoms with van der Waals surface area (Å²) < 4.78 is 5.40. The van der Waals surface area contributed by atoms with Crippen molar-refractivity contribution in [2.24, 2.45) is 0 Å². The van der Waals surface area contributed by atoms with Crippen molar-refractivity contribution in [3.05, 3.63) is 35.0 Å². The van der Waals surface area contributed by atoms with E-state index in [1.54, 1.807) is 0 Å². The Morgan fingerprint density at radius 2 is 1.93 bits per heavy atom. The van der Waals surface area contributed by atoms with Crippen LogP contribution in [0.4, 0.5) is 6.01 Å². The number of aryl methyl sites for hydroxylation is 3. The predicted octanol–water partition coefficient (Wildman–Crippen LogP) is 2.85. The molecule has 3 heteroatoms. The third kappa shape index (κ3) is 1.73. The van der Waals surface area contributed by atoms with Crippen LogP contribution in [0.15, 0.2) is 22.6 Å². The number of oxazole rings is 1. The van der Waals surface area contributed by atoms with Crippen LogP contribution in [0.1, 0.15) is 16.8 Å². The van der Waals surface area contributed by atoms with Crippen LogP contribution in [-0.4, -0.2) is 4.98 Å². The van der Waals surface area contributed by atoms with E-state index in [4.69, 9.17) is 10.2 Å². The molecule has 1 aromatic carbocycles. The first-order valence-corrected chi connectivity index (χ1v) is 4.88. The van der Waals surface area contributed by atoms with Crippen LogP contribution in [0, 0.1) is 20.8 Å². The van der Waals surface area contributed by atoms with Crippen molar-refractivity contribution in [2.75, 3.05) is 5.73 Å². The fourth-order valence-electron chi connectivity index (χ4n) is 1.65. The summed E-state index contributed by atoms with van der Waals surface area (Å²) in [5.41, 5.74) is 9.79. The minimum Gasteiger partial charge on any atom is -0.423 e. The van der Waals surface area contributed by atoms with Gasteiger partial charge in [0.1, 0.15) is 0 Å². The number of rotatable bonds is 1. The van der Waals surface area contributed by atoms with E-state index in [2.05, 4.69) is 30.1 Å². The molecule has 2 N–H and O–H groups in total. The quantitative estimate of drug-likeness (QED) is 0.773. The SMILES string of the molecule is Cc1ccc(C)c(-c2oc(N)nc2C)c1. The van der Waals surface area contributed by atoms with Gasteiger partial charge in [-0.1, -0.05) is 17.7 Å². The number of nitrogens with two attached hydrogens (primary N) is 1. The molecule has 0 aliphatic carbocycles. The first-order chi connectivity index (χ1) is 7.08. The molecule has 0 bridgehead atoms. The van der Waals surface area contributed by atoms with E-state index >= 15 is 0 Å². The van der Waals surface area contributed by atoms with Crippen molar-refractivity contribution in [3.8, 4) is 11.3 Å². The van der Waals surface area contributed by atoms with E-state index in [0.717, 1.165) is 17.0 Å². The first-order valence-electron chi connectivity index (χ1n) is 4.88. The Labute approximate surface area is 88.9 Å². The van der Waals surface area contributed by atoms with Gasteiger partial charge in [0, 0.05) is 5.56 Å². The zero-order valence-corrected chi connectivity index (χ0v) is 9.16. The first kappa shape index (κ1) is 9.77. The Morgan fingerprint density at radius 3 is 2.53 bits per heavy atom. The lowest BCUT2D eigenvalue weighted by Gasteiger charge is -2.04. The van der Waals surface area contributed by atoms with Gasteiger partial charge in [0.15, 0.2) is 5.76 Å². The number of benzene rings is 1. The average Bonchev–Trinajstić information content (AvgIpc) is 2.50. The number of nitrogen functional groups attached to an aromatic ring is 1. The maximum Gasteiger partial charge on any atom is 0.292 e. The van der Waals surface area contributed by atoms with E-state index in [1.165, 1.54) is 11.1 Å². The van der Waals surface area contributed by atoms with Crippen molar-refractivity contribution in [1.82, 2.24) is 4.98 Å². The molecule has 0 saturated carbocycles. The molecule has 0 aliphatic heterocycles. The molecule has 0 aliphatic rings. The lowest BCUT2D eigenvalue weighted by Crippen LogP contribution is -1.85. The second-order valence-corrected chi connectivity index (χ2v) is 3.79. The molecule has 3 nitrogen and oxygen atoms in total. The lowest BCUT2D eigenvalue weighted by atomic mass is 10.0. The Kier molecular flexibility index (Phi) is 2.23. The summed E-state index contributed by atoms with van der Waals surface area (Å²) in [7, 11) is 0. The molecule has 1 heterocycles. The normalized spacial score (nSPS) is 10.6. The molecular weight excluding hydrogens is 188 g/mol. The van der Waals surface area contributed by atoms with Gasteiger partial charge >= 0.3 is 0 Å². The van der Waals surface area contributed by atoms with Gasteiger partial charge in [-0.25, -0.2) is 0 Å². The van der Waals surface area contributed by atoms with E-state index in [0.29, 0.717) is 0 Å². The lowest BCUT2D eigenvalue weighted by molar-refractivity contribution is 0.593. The molecule has 2 aromatic rings. The molecule has 1 aromatic heterocycles. The summed E-state index contributed by atoms with van der Waals surface area (Å²) in [6, 6.07) is 6.46. The summed E-state index contributed by atoms with van der Waals surface area (Å²) in [6.07, 6.45) is 0. The number of aromatic nitrogens is 1. The predicted molar refractivity (Wildman–Crippen MR) is 60.6 cm³/mol. The van der Waals surface area contributed by atoms with E-state index in [1.807, 2.05) is 13.8 Å². The molecule has 0 radical (unpaired) electrons. The molecule has 15 heavy (non-hydrogen) atoms. The second-order valence-electron chi connectivity index (χ2n) is 3.79. The van der Waals surface area contributed by atoms with Gasteiger partial charge in [0.25, 0.3) is 6.01 Å². The Hall–Kier alpha value is -1.77. The monoisotopic (exact) mass is 202 g/mol. The third-order valence-corrected chi connectivity index (χ3v) is 2.45. The summed E-state index contributed by atoms with van der Waals surface area (Å²) >= 11 is 0. The zero-order chi connectivity index (χ0) is 11.0. The number of anilines is 1. The van der Waals surface area contributed by atoms with Crippen LogP contribution in [-0.2, 0) is 0 Å². The fourth-order valence-corrected chi connectivity index (χ4v) is 1.65. The third-order valence-electron chi connectivity index (χ3n) is 2.45. The van der Waals surface area contributed by atoms with Crippen molar-refractivity contribution in [2.45, 2.75) is 20.8 Å². The number of hydrogen-bond donors (Lipinski definition) is 1. The number of hydrogen-bond acceptors (Lipinski definition) is 3. The van der Waals surface area contributed by atoms with Crippen molar-refractivity contribution >= 4 is 6.01 Å². The highest BCUT2D eigenvalue weighted by molar-refractivity contribution is 5.65. The minimum atomic E-state index is 0.225. The van der Waals surface area contributed by atoms with Crippen molar-refractivity contribution < 1.29 is 4.42 Å². The highest BCUT2D eigenvalue weighted by atomic mass is 16.4. The van der Waals surface area contributed by atoms with Crippen molar-refractivity contribution in [3.63, 3.8) is 0 Å². The van der Waals surface area contributed by atoms with Crippen LogP contribution < -0.4 is 5.73 Å². The standard InChI is InChI=1S/C12H14N2O/c1-7-4-5-8(2)10(6-7)11-9(3)14-12(13)15-11/h4-6H,1-3H3,(H2,13,14). The molecule has 0 spiro atoms. The Balaban J connectivity index is 2.62. The molecule has 0 saturated heterocycles. The van der Waals surface area contributed by atoms with Gasteiger partial charge in [0.05, 0.1) is 5.69 Å². The largest absolute Gasteiger partial charge is 0.423 e. The van der Waals surface area contributed by atoms with Crippen LogP contribution in [0.5, 0.6) is 0 Å². The van der Waals surface area contributed by atoms with Crippen LogP contribution in [0.3, 0.4) is 0 Å². The molecule has 0 unspecified atom stereocenters. The van der Waals surface area contributed by atoms with Crippen molar-refractivity contribution in [1.29, 1.82) is 0 Å². The summed E-state index contributed by atoms with van der Waals surface area (Å²) in [5.74, 6) is 0.772. The summed E-state index contributed by atoms with van der Waals surface area (Å²) in [5, 5.41) is 0. The smallest absolute Gasteiger partial charge is 0.292 e. The van der Waals surface area contributed by atoms with Gasteiger partial charge in [0.2, 0.25) is 0 Å². The molecule has 0 fully saturated rings. The van der Waals surface area contributed by atoms with Gasteiger partial charge < -0.3 is 10.2 Å². The van der Waals surface area contributed by atoms with Gasteiger partial charge in [-0.2, -0.15) is 4.98 Å². The van der Waals surface area contributed by atoms with Gasteiger partial charge in [-0.3, -0.25) is 0 Å². The van der Waals surface area contributed by atoms with Gasteiger partial charge in [-0.15, -0.1) is 0 Å². The molecule has 0 amide bonds. The maximum absolute atomic E-state index is 5.53. The highest BCUT2D eigenvalue weighted by Gasteiger charge is 2.11. The van der Waals surface area contributed by atoms with Gasteiger partial charge in [-0.05, 0) is 32.4 Å². The average molecular weight is 202 g/mol. The summed E-state index contributed by atoms with van der Waals surface area (Å²) in [4.78, 5) is 4.07. The molecular formula is C12H14N2O. The van der Waals surface area contributed by atoms with E-state index in [9.17, 15) is 0 Å². The summed E-state index contributed by atoms with van der Waals surface area (Å²) in [6.45, 7) is 6.00. The van der Waals surface area contributed by atoms with Crippen LogP contribution >= 0.6 is 0 Å². The Bertz CT molecular complexity index is 500. The Morgan fingerprint density at radius 1 is 1.20 bits per heavy atom. The fraction of sp³-hybridized carbons (Fsp3) is 0.250. The van der Waals surface area contributed by atoms with E-state index < -0.39 is 0 Å². The zero-order valence-electron chi connectivity index (χ0n) is 9.16. The highest BCUT2D eigenvalue weighted by Crippen LogP contribution is 2.28. The molecule has 78 valence electrons. The maximum atomic E-state index is 5.53. The van der Waals surface area contributed by atoms with E-state index in [-0.39, 0.29) is 6.01 Å². The van der Waals surface area contributed by atoms with Crippen LogP contribution in [0.25, 0.3) is 11.3 Å². The second kappa shape index (κ2) is 3.42. The number of nitrogens with zero attached hydrogens (tertiary/aromatic N) is 1.